The minimum absolute atomic E-state index is 0.0213. The zero-order valence-electron chi connectivity index (χ0n) is 17.2. The molecule has 0 atom stereocenters. The first-order valence-electron chi connectivity index (χ1n) is 10.2. The summed E-state index contributed by atoms with van der Waals surface area (Å²) in [5.74, 6) is -2.12. The Morgan fingerprint density at radius 2 is 1.03 bits per heavy atom. The van der Waals surface area contributed by atoms with Gasteiger partial charge in [-0.1, -0.05) is 24.3 Å². The van der Waals surface area contributed by atoms with Gasteiger partial charge < -0.3 is 10.0 Å². The number of hydrogen-bond acceptors (Lipinski definition) is 6. The zero-order valence-corrected chi connectivity index (χ0v) is 17.2. The van der Waals surface area contributed by atoms with E-state index in [1.807, 2.05) is 0 Å². The molecule has 0 radical (unpaired) electrons. The maximum atomic E-state index is 12.6. The Labute approximate surface area is 183 Å². The van der Waals surface area contributed by atoms with E-state index < -0.39 is 29.5 Å². The molecule has 0 spiro atoms. The summed E-state index contributed by atoms with van der Waals surface area (Å²) in [5, 5.41) is 9.17. The van der Waals surface area contributed by atoms with E-state index in [2.05, 4.69) is 0 Å². The van der Waals surface area contributed by atoms with Crippen molar-refractivity contribution in [3.05, 3.63) is 70.8 Å². The lowest BCUT2D eigenvalue weighted by Gasteiger charge is -2.26. The van der Waals surface area contributed by atoms with Crippen molar-refractivity contribution in [1.82, 2.24) is 14.7 Å². The molecule has 2 heterocycles. The Morgan fingerprint density at radius 3 is 1.34 bits per heavy atom. The molecule has 1 N–H and O–H groups in total. The highest BCUT2D eigenvalue weighted by molar-refractivity contribution is 6.22. The number of amides is 5. The first-order valence-corrected chi connectivity index (χ1v) is 10.2. The van der Waals surface area contributed by atoms with E-state index in [0.29, 0.717) is 22.3 Å². The maximum absolute atomic E-state index is 12.6. The normalized spacial score (nSPS) is 14.8. The van der Waals surface area contributed by atoms with Crippen LogP contribution in [0.4, 0.5) is 0 Å². The lowest BCUT2D eigenvalue weighted by atomic mass is 10.1. The first-order chi connectivity index (χ1) is 15.4. The van der Waals surface area contributed by atoms with Gasteiger partial charge in [0.1, 0.15) is 0 Å². The van der Waals surface area contributed by atoms with Crippen molar-refractivity contribution in [2.45, 2.75) is 6.42 Å². The molecule has 0 fully saturated rings. The molecule has 2 aromatic carbocycles. The predicted molar refractivity (Wildman–Crippen MR) is 112 cm³/mol. The van der Waals surface area contributed by atoms with Crippen molar-refractivity contribution < 1.29 is 29.1 Å². The molecule has 32 heavy (non-hydrogen) atoms. The second kappa shape index (κ2) is 8.72. The Balaban J connectivity index is 1.43. The van der Waals surface area contributed by atoms with Gasteiger partial charge in [-0.25, -0.2) is 0 Å². The second-order valence-corrected chi connectivity index (χ2v) is 7.47. The number of fused-ring (bicyclic) bond motifs is 2. The highest BCUT2D eigenvalue weighted by Crippen LogP contribution is 2.23. The monoisotopic (exact) mass is 435 g/mol. The van der Waals surface area contributed by atoms with E-state index in [9.17, 15) is 24.0 Å². The quantitative estimate of drug-likeness (QED) is 0.613. The van der Waals surface area contributed by atoms with Crippen LogP contribution in [0.3, 0.4) is 0 Å². The number of imide groups is 2. The molecule has 0 bridgehead atoms. The Bertz CT molecular complexity index is 979. The van der Waals surface area contributed by atoms with Gasteiger partial charge in [0.2, 0.25) is 5.91 Å². The molecule has 5 amide bonds. The van der Waals surface area contributed by atoms with E-state index in [1.165, 1.54) is 4.90 Å². The van der Waals surface area contributed by atoms with Crippen LogP contribution in [0.5, 0.6) is 0 Å². The molecule has 0 saturated heterocycles. The summed E-state index contributed by atoms with van der Waals surface area (Å²) in [6.07, 6.45) is -0.149. The Kier molecular flexibility index (Phi) is 5.83. The molecule has 2 aromatic rings. The van der Waals surface area contributed by atoms with Crippen LogP contribution in [0.25, 0.3) is 0 Å². The topological polar surface area (TPSA) is 115 Å². The van der Waals surface area contributed by atoms with Gasteiger partial charge in [-0.15, -0.1) is 0 Å². The van der Waals surface area contributed by atoms with Gasteiger partial charge in [0.15, 0.2) is 0 Å². The van der Waals surface area contributed by atoms with E-state index in [-0.39, 0.29) is 39.2 Å². The maximum Gasteiger partial charge on any atom is 0.261 e. The highest BCUT2D eigenvalue weighted by atomic mass is 16.3. The molecule has 0 saturated carbocycles. The average Bonchev–Trinajstić information content (AvgIpc) is 3.19. The highest BCUT2D eigenvalue weighted by Gasteiger charge is 2.37. The number of carbonyl (C=O) groups excluding carboxylic acids is 5. The predicted octanol–water partition coefficient (Wildman–Crippen LogP) is 0.790. The van der Waals surface area contributed by atoms with Crippen LogP contribution in [-0.2, 0) is 4.79 Å². The van der Waals surface area contributed by atoms with Gasteiger partial charge >= 0.3 is 0 Å². The van der Waals surface area contributed by atoms with E-state index in [1.54, 1.807) is 48.5 Å². The largest absolute Gasteiger partial charge is 0.396 e. The van der Waals surface area contributed by atoms with Crippen molar-refractivity contribution in [3.8, 4) is 0 Å². The number of aliphatic hydroxyl groups is 1. The molecule has 4 rings (SSSR count). The Hall–Kier alpha value is -3.85. The number of carbonyl (C=O) groups is 5. The van der Waals surface area contributed by atoms with Crippen molar-refractivity contribution >= 4 is 29.5 Å². The van der Waals surface area contributed by atoms with Crippen molar-refractivity contribution in [2.75, 3.05) is 32.8 Å². The van der Waals surface area contributed by atoms with Gasteiger partial charge in [-0.2, -0.15) is 0 Å². The van der Waals surface area contributed by atoms with Gasteiger partial charge in [-0.3, -0.25) is 33.8 Å². The number of hydrogen-bond donors (Lipinski definition) is 1. The number of nitrogens with zero attached hydrogens (tertiary/aromatic N) is 3. The summed E-state index contributed by atoms with van der Waals surface area (Å²) in [5.41, 5.74) is 1.27. The summed E-state index contributed by atoms with van der Waals surface area (Å²) in [6, 6.07) is 13.0. The van der Waals surface area contributed by atoms with Crippen LogP contribution in [0, 0.1) is 0 Å². The molecule has 0 aromatic heterocycles. The lowest BCUT2D eigenvalue weighted by Crippen LogP contribution is -2.45. The SMILES string of the molecule is O=C(CCO)N(CCN1C(=O)c2ccccc2C1=O)CCN1C(=O)c2ccccc2C1=O. The number of benzene rings is 2. The van der Waals surface area contributed by atoms with Crippen LogP contribution >= 0.6 is 0 Å². The third kappa shape index (κ3) is 3.67. The first kappa shape index (κ1) is 21.4. The van der Waals surface area contributed by atoms with Crippen LogP contribution in [0.15, 0.2) is 48.5 Å². The number of rotatable bonds is 8. The minimum Gasteiger partial charge on any atom is -0.396 e. The van der Waals surface area contributed by atoms with E-state index in [0.717, 1.165) is 9.80 Å². The van der Waals surface area contributed by atoms with E-state index in [4.69, 9.17) is 5.11 Å². The molecule has 2 aliphatic rings. The van der Waals surface area contributed by atoms with Crippen LogP contribution in [0.2, 0.25) is 0 Å². The van der Waals surface area contributed by atoms with Gasteiger partial charge in [0, 0.05) is 32.6 Å². The fourth-order valence-electron chi connectivity index (χ4n) is 3.94. The summed E-state index contributed by atoms with van der Waals surface area (Å²) in [4.78, 5) is 66.2. The molecule has 9 heteroatoms. The fourth-order valence-corrected chi connectivity index (χ4v) is 3.94. The van der Waals surface area contributed by atoms with Gasteiger partial charge in [-0.05, 0) is 24.3 Å². The fraction of sp³-hybridized carbons (Fsp3) is 0.261. The summed E-state index contributed by atoms with van der Waals surface area (Å²) in [7, 11) is 0. The van der Waals surface area contributed by atoms with Crippen molar-refractivity contribution in [2.24, 2.45) is 0 Å². The molecule has 0 unspecified atom stereocenters. The van der Waals surface area contributed by atoms with Crippen LogP contribution < -0.4 is 0 Å². The van der Waals surface area contributed by atoms with Gasteiger partial charge in [0.25, 0.3) is 23.6 Å². The zero-order chi connectivity index (χ0) is 22.8. The smallest absolute Gasteiger partial charge is 0.261 e. The molecular weight excluding hydrogens is 414 g/mol. The standard InChI is InChI=1S/C23H21N3O6/c27-14-9-19(28)24(10-12-25-20(29)15-5-1-2-6-16(15)21(25)30)11-13-26-22(31)17-7-3-4-8-18(17)23(26)32/h1-8,27H,9-14H2. The molecule has 164 valence electrons. The van der Waals surface area contributed by atoms with Crippen molar-refractivity contribution in [3.63, 3.8) is 0 Å². The third-order valence-electron chi connectivity index (χ3n) is 5.62. The minimum atomic E-state index is -0.430. The lowest BCUT2D eigenvalue weighted by molar-refractivity contribution is -0.132. The Morgan fingerprint density at radius 1 is 0.688 bits per heavy atom. The summed E-state index contributed by atoms with van der Waals surface area (Å²) < 4.78 is 0. The average molecular weight is 435 g/mol. The van der Waals surface area contributed by atoms with E-state index >= 15 is 0 Å². The molecule has 2 aliphatic heterocycles. The third-order valence-corrected chi connectivity index (χ3v) is 5.62. The van der Waals surface area contributed by atoms with Crippen LogP contribution in [-0.4, -0.2) is 82.1 Å². The molecular formula is C23H21N3O6. The van der Waals surface area contributed by atoms with Crippen LogP contribution in [0.1, 0.15) is 47.9 Å². The molecule has 0 aliphatic carbocycles. The summed E-state index contributed by atoms with van der Waals surface area (Å²) >= 11 is 0. The second-order valence-electron chi connectivity index (χ2n) is 7.47. The molecule has 9 nitrogen and oxygen atoms in total. The number of aliphatic hydroxyl groups excluding tert-OH is 1. The summed E-state index contributed by atoms with van der Waals surface area (Å²) in [6.45, 7) is -0.395. The van der Waals surface area contributed by atoms with Gasteiger partial charge in [0.05, 0.1) is 28.9 Å². The van der Waals surface area contributed by atoms with Crippen molar-refractivity contribution in [1.29, 1.82) is 0 Å².